The number of hydrogen-bond donors (Lipinski definition) is 1. The van der Waals surface area contributed by atoms with E-state index in [1.165, 1.54) is 0 Å². The van der Waals surface area contributed by atoms with Gasteiger partial charge in [-0.25, -0.2) is 15.0 Å². The molecule has 1 atom stereocenters. The molecule has 1 aliphatic rings. The van der Waals surface area contributed by atoms with E-state index in [1.54, 1.807) is 19.6 Å². The second kappa shape index (κ2) is 8.90. The molecule has 0 aliphatic carbocycles. The van der Waals surface area contributed by atoms with Gasteiger partial charge < -0.3 is 15.0 Å². The van der Waals surface area contributed by atoms with Crippen molar-refractivity contribution in [2.45, 2.75) is 19.8 Å². The highest BCUT2D eigenvalue weighted by atomic mass is 16.5. The number of methoxy groups -OCH3 is 1. The number of amides is 1. The van der Waals surface area contributed by atoms with E-state index in [2.05, 4.69) is 25.2 Å². The van der Waals surface area contributed by atoms with Gasteiger partial charge in [-0.3, -0.25) is 4.79 Å². The fraction of sp³-hybridized carbons (Fsp3) is 0.304. The summed E-state index contributed by atoms with van der Waals surface area (Å²) in [7, 11) is 1.65. The Hall–Kier alpha value is -3.48. The van der Waals surface area contributed by atoms with Crippen LogP contribution in [-0.4, -0.2) is 41.1 Å². The van der Waals surface area contributed by atoms with E-state index in [0.717, 1.165) is 47.8 Å². The minimum absolute atomic E-state index is 0.00549. The number of carbonyl (C=O) groups excluding carboxylic acids is 1. The molecule has 7 heteroatoms. The van der Waals surface area contributed by atoms with Crippen molar-refractivity contribution in [2.24, 2.45) is 5.92 Å². The van der Waals surface area contributed by atoms with Crippen LogP contribution in [0.15, 0.2) is 55.0 Å². The molecular weight excluding hydrogens is 378 g/mol. The third kappa shape index (κ3) is 4.40. The molecule has 1 aliphatic heterocycles. The molecule has 0 spiro atoms. The third-order valence-corrected chi connectivity index (χ3v) is 5.41. The van der Waals surface area contributed by atoms with E-state index in [0.29, 0.717) is 12.4 Å². The van der Waals surface area contributed by atoms with Gasteiger partial charge in [0.1, 0.15) is 23.7 Å². The first-order valence-corrected chi connectivity index (χ1v) is 10.1. The number of rotatable bonds is 5. The van der Waals surface area contributed by atoms with Gasteiger partial charge in [0.25, 0.3) is 0 Å². The molecule has 1 N–H and O–H groups in total. The van der Waals surface area contributed by atoms with Gasteiger partial charge in [-0.2, -0.15) is 0 Å². The SMILES string of the molecule is COc1ccc(-c2cc(N3CCCC(C(=O)Nc4ncccc4C)C3)ncn2)cc1. The lowest BCUT2D eigenvalue weighted by atomic mass is 9.97. The fourth-order valence-electron chi connectivity index (χ4n) is 3.67. The van der Waals surface area contributed by atoms with Crippen molar-refractivity contribution in [3.05, 3.63) is 60.6 Å². The number of carbonyl (C=O) groups is 1. The molecule has 3 heterocycles. The topological polar surface area (TPSA) is 80.2 Å². The Labute approximate surface area is 176 Å². The summed E-state index contributed by atoms with van der Waals surface area (Å²) in [6.07, 6.45) is 5.05. The van der Waals surface area contributed by atoms with Crippen LogP contribution in [0.2, 0.25) is 0 Å². The molecule has 2 aromatic heterocycles. The van der Waals surface area contributed by atoms with E-state index >= 15 is 0 Å². The molecule has 154 valence electrons. The molecule has 0 radical (unpaired) electrons. The summed E-state index contributed by atoms with van der Waals surface area (Å²) < 4.78 is 5.22. The Balaban J connectivity index is 1.47. The van der Waals surface area contributed by atoms with Crippen molar-refractivity contribution in [2.75, 3.05) is 30.4 Å². The van der Waals surface area contributed by atoms with Crippen LogP contribution in [-0.2, 0) is 4.79 Å². The molecule has 30 heavy (non-hydrogen) atoms. The van der Waals surface area contributed by atoms with E-state index in [-0.39, 0.29) is 11.8 Å². The maximum absolute atomic E-state index is 12.8. The van der Waals surface area contributed by atoms with Crippen LogP contribution < -0.4 is 15.0 Å². The zero-order chi connectivity index (χ0) is 20.9. The Bertz CT molecular complexity index is 1020. The van der Waals surface area contributed by atoms with E-state index in [9.17, 15) is 4.79 Å². The number of hydrogen-bond acceptors (Lipinski definition) is 6. The average molecular weight is 403 g/mol. The smallest absolute Gasteiger partial charge is 0.230 e. The standard InChI is InChI=1S/C23H25N5O2/c1-16-5-3-11-24-22(16)27-23(29)18-6-4-12-28(14-18)21-13-20(25-15-26-21)17-7-9-19(30-2)10-8-17/h3,5,7-11,13,15,18H,4,6,12,14H2,1-2H3,(H,24,27,29). The summed E-state index contributed by atoms with van der Waals surface area (Å²) in [5, 5.41) is 2.98. The van der Waals surface area contributed by atoms with Gasteiger partial charge in [-0.05, 0) is 55.7 Å². The summed E-state index contributed by atoms with van der Waals surface area (Å²) in [6, 6.07) is 13.6. The largest absolute Gasteiger partial charge is 0.497 e. The van der Waals surface area contributed by atoms with Crippen LogP contribution in [0.4, 0.5) is 11.6 Å². The molecule has 0 saturated carbocycles. The molecule has 0 bridgehead atoms. The first-order chi connectivity index (χ1) is 14.6. The van der Waals surface area contributed by atoms with Gasteiger partial charge in [0.2, 0.25) is 5.91 Å². The highest BCUT2D eigenvalue weighted by Crippen LogP contribution is 2.27. The number of piperidine rings is 1. The van der Waals surface area contributed by atoms with Crippen LogP contribution >= 0.6 is 0 Å². The highest BCUT2D eigenvalue weighted by Gasteiger charge is 2.27. The number of nitrogens with zero attached hydrogens (tertiary/aromatic N) is 4. The van der Waals surface area contributed by atoms with Crippen molar-refractivity contribution in [3.63, 3.8) is 0 Å². The maximum Gasteiger partial charge on any atom is 0.230 e. The minimum Gasteiger partial charge on any atom is -0.497 e. The summed E-state index contributed by atoms with van der Waals surface area (Å²) >= 11 is 0. The maximum atomic E-state index is 12.8. The normalized spacial score (nSPS) is 16.2. The van der Waals surface area contributed by atoms with Crippen LogP contribution in [0.1, 0.15) is 18.4 Å². The van der Waals surface area contributed by atoms with Crippen molar-refractivity contribution >= 4 is 17.5 Å². The number of aryl methyl sites for hydroxylation is 1. The lowest BCUT2D eigenvalue weighted by molar-refractivity contribution is -0.120. The first-order valence-electron chi connectivity index (χ1n) is 10.1. The van der Waals surface area contributed by atoms with Crippen LogP contribution in [0.25, 0.3) is 11.3 Å². The Morgan fingerprint density at radius 3 is 2.77 bits per heavy atom. The highest BCUT2D eigenvalue weighted by molar-refractivity contribution is 5.92. The number of benzene rings is 1. The summed E-state index contributed by atoms with van der Waals surface area (Å²) in [5.41, 5.74) is 2.80. The van der Waals surface area contributed by atoms with Gasteiger partial charge in [0, 0.05) is 30.9 Å². The number of anilines is 2. The summed E-state index contributed by atoms with van der Waals surface area (Å²) in [5.74, 6) is 2.16. The molecule has 1 unspecified atom stereocenters. The van der Waals surface area contributed by atoms with Crippen molar-refractivity contribution in [3.8, 4) is 17.0 Å². The van der Waals surface area contributed by atoms with Crippen LogP contribution in [0.5, 0.6) is 5.75 Å². The minimum atomic E-state index is -0.112. The monoisotopic (exact) mass is 403 g/mol. The van der Waals surface area contributed by atoms with E-state index < -0.39 is 0 Å². The Kier molecular flexibility index (Phi) is 5.88. The molecule has 1 aromatic carbocycles. The van der Waals surface area contributed by atoms with Crippen LogP contribution in [0, 0.1) is 12.8 Å². The lowest BCUT2D eigenvalue weighted by Crippen LogP contribution is -2.41. The first kappa shape index (κ1) is 19.8. The molecule has 1 saturated heterocycles. The fourth-order valence-corrected chi connectivity index (χ4v) is 3.67. The van der Waals surface area contributed by atoms with Gasteiger partial charge in [-0.1, -0.05) is 6.07 Å². The van der Waals surface area contributed by atoms with Crippen molar-refractivity contribution in [1.29, 1.82) is 0 Å². The summed E-state index contributed by atoms with van der Waals surface area (Å²) in [6.45, 7) is 3.43. The molecule has 3 aromatic rings. The number of ether oxygens (including phenoxy) is 1. The molecule has 1 amide bonds. The van der Waals surface area contributed by atoms with Crippen molar-refractivity contribution in [1.82, 2.24) is 15.0 Å². The number of pyridine rings is 1. The quantitative estimate of drug-likeness (QED) is 0.700. The second-order valence-electron chi connectivity index (χ2n) is 7.43. The number of aromatic nitrogens is 3. The predicted octanol–water partition coefficient (Wildman–Crippen LogP) is 3.71. The molecule has 7 nitrogen and oxygen atoms in total. The number of nitrogens with one attached hydrogen (secondary N) is 1. The van der Waals surface area contributed by atoms with Crippen molar-refractivity contribution < 1.29 is 9.53 Å². The third-order valence-electron chi connectivity index (χ3n) is 5.41. The lowest BCUT2D eigenvalue weighted by Gasteiger charge is -2.33. The van der Waals surface area contributed by atoms with Gasteiger partial charge in [0.15, 0.2) is 0 Å². The zero-order valence-electron chi connectivity index (χ0n) is 17.2. The molecular formula is C23H25N5O2. The van der Waals surface area contributed by atoms with Gasteiger partial charge in [0.05, 0.1) is 18.7 Å². The van der Waals surface area contributed by atoms with Gasteiger partial charge in [-0.15, -0.1) is 0 Å². The average Bonchev–Trinajstić information content (AvgIpc) is 2.81. The molecule has 1 fully saturated rings. The Morgan fingerprint density at radius 1 is 1.17 bits per heavy atom. The van der Waals surface area contributed by atoms with E-state index in [4.69, 9.17) is 4.74 Å². The zero-order valence-corrected chi connectivity index (χ0v) is 17.2. The summed E-state index contributed by atoms with van der Waals surface area (Å²) in [4.78, 5) is 28.1. The van der Waals surface area contributed by atoms with Gasteiger partial charge >= 0.3 is 0 Å². The van der Waals surface area contributed by atoms with E-state index in [1.807, 2.05) is 49.4 Å². The predicted molar refractivity (Wildman–Crippen MR) is 117 cm³/mol. The Morgan fingerprint density at radius 2 is 2.00 bits per heavy atom. The molecule has 4 rings (SSSR count). The second-order valence-corrected chi connectivity index (χ2v) is 7.43. The van der Waals surface area contributed by atoms with Crippen LogP contribution in [0.3, 0.4) is 0 Å².